The van der Waals surface area contributed by atoms with Gasteiger partial charge in [-0.05, 0) is 49.3 Å². The summed E-state index contributed by atoms with van der Waals surface area (Å²) in [5.74, 6) is 2.35. The van der Waals surface area contributed by atoms with Crippen LogP contribution in [0.2, 0.25) is 0 Å². The lowest BCUT2D eigenvalue weighted by Crippen LogP contribution is -2.43. The summed E-state index contributed by atoms with van der Waals surface area (Å²) < 4.78 is 16.3. The minimum absolute atomic E-state index is 0.329. The Bertz CT molecular complexity index is 598. The molecule has 0 amide bonds. The van der Waals surface area contributed by atoms with Crippen LogP contribution in [0.1, 0.15) is 44.6 Å². The van der Waals surface area contributed by atoms with Crippen molar-refractivity contribution in [2.45, 2.75) is 45.6 Å². The minimum atomic E-state index is 0.329. The maximum atomic E-state index is 5.58. The summed E-state index contributed by atoms with van der Waals surface area (Å²) in [6.07, 6.45) is 6.24. The molecule has 1 aromatic carbocycles. The molecule has 2 N–H and O–H groups in total. The van der Waals surface area contributed by atoms with E-state index in [1.807, 2.05) is 32.2 Å². The summed E-state index contributed by atoms with van der Waals surface area (Å²) in [4.78, 5) is 4.37. The second kappa shape index (κ2) is 11.0. The summed E-state index contributed by atoms with van der Waals surface area (Å²) in [5, 5.41) is 6.92. The highest BCUT2D eigenvalue weighted by molar-refractivity contribution is 5.79. The number of ether oxygens (including phenoxy) is 3. The van der Waals surface area contributed by atoms with Crippen molar-refractivity contribution < 1.29 is 14.2 Å². The maximum absolute atomic E-state index is 5.58. The molecule has 1 saturated carbocycles. The molecular weight excluding hydrogens is 342 g/mol. The number of guanidine groups is 1. The van der Waals surface area contributed by atoms with Crippen LogP contribution in [-0.4, -0.2) is 47.0 Å². The molecule has 0 heterocycles. The van der Waals surface area contributed by atoms with Crippen molar-refractivity contribution in [2.24, 2.45) is 10.4 Å². The smallest absolute Gasteiger partial charge is 0.191 e. The lowest BCUT2D eigenvalue weighted by atomic mass is 9.83. The van der Waals surface area contributed by atoms with Crippen LogP contribution in [0.4, 0.5) is 0 Å². The third kappa shape index (κ3) is 6.31. The highest BCUT2D eigenvalue weighted by Gasteiger charge is 2.33. The van der Waals surface area contributed by atoms with Crippen LogP contribution in [0, 0.1) is 5.41 Å². The van der Waals surface area contributed by atoms with Crippen LogP contribution in [0.5, 0.6) is 11.5 Å². The van der Waals surface area contributed by atoms with Gasteiger partial charge in [0, 0.05) is 33.9 Å². The zero-order chi connectivity index (χ0) is 19.5. The highest BCUT2D eigenvalue weighted by Crippen LogP contribution is 2.40. The molecule has 0 unspecified atom stereocenters. The predicted octanol–water partition coefficient (Wildman–Crippen LogP) is 3.36. The fraction of sp³-hybridized carbons (Fsp3) is 0.667. The van der Waals surface area contributed by atoms with Gasteiger partial charge >= 0.3 is 0 Å². The van der Waals surface area contributed by atoms with E-state index in [0.717, 1.165) is 42.6 Å². The van der Waals surface area contributed by atoms with Crippen LogP contribution >= 0.6 is 0 Å². The fourth-order valence-electron chi connectivity index (χ4n) is 3.73. The first-order valence-corrected chi connectivity index (χ1v) is 9.89. The number of hydrogen-bond acceptors (Lipinski definition) is 4. The van der Waals surface area contributed by atoms with Gasteiger partial charge in [0.15, 0.2) is 17.5 Å². The molecule has 152 valence electrons. The molecule has 6 nitrogen and oxygen atoms in total. The molecule has 1 aliphatic carbocycles. The SMILES string of the molecule is CCOc1ccc(CNC(=NC)NCC2(CCOC)CCCC2)cc1OC. The number of nitrogens with zero attached hydrogens (tertiary/aromatic N) is 1. The Morgan fingerprint density at radius 3 is 2.56 bits per heavy atom. The summed E-state index contributed by atoms with van der Waals surface area (Å²) >= 11 is 0. The average Bonchev–Trinajstić information content (AvgIpc) is 3.16. The van der Waals surface area contributed by atoms with Crippen LogP contribution in [0.15, 0.2) is 23.2 Å². The molecule has 6 heteroatoms. The predicted molar refractivity (Wildman–Crippen MR) is 110 cm³/mol. The van der Waals surface area contributed by atoms with E-state index in [0.29, 0.717) is 18.6 Å². The summed E-state index contributed by atoms with van der Waals surface area (Å²) in [7, 11) is 5.25. The second-order valence-electron chi connectivity index (χ2n) is 7.15. The molecule has 0 spiro atoms. The van der Waals surface area contributed by atoms with Gasteiger partial charge in [-0.15, -0.1) is 0 Å². The van der Waals surface area contributed by atoms with Crippen molar-refractivity contribution in [3.8, 4) is 11.5 Å². The van der Waals surface area contributed by atoms with Crippen LogP contribution in [0.25, 0.3) is 0 Å². The van der Waals surface area contributed by atoms with Gasteiger partial charge < -0.3 is 24.8 Å². The lowest BCUT2D eigenvalue weighted by Gasteiger charge is -2.30. The average molecular weight is 378 g/mol. The van der Waals surface area contributed by atoms with E-state index in [9.17, 15) is 0 Å². The van der Waals surface area contributed by atoms with Gasteiger partial charge in [0.1, 0.15) is 0 Å². The van der Waals surface area contributed by atoms with E-state index in [1.165, 1.54) is 25.7 Å². The summed E-state index contributed by atoms with van der Waals surface area (Å²) in [5.41, 5.74) is 1.45. The van der Waals surface area contributed by atoms with Crippen molar-refractivity contribution in [1.29, 1.82) is 0 Å². The van der Waals surface area contributed by atoms with E-state index in [4.69, 9.17) is 14.2 Å². The standard InChI is InChI=1S/C21H35N3O3/c1-5-27-18-9-8-17(14-19(18)26-4)15-23-20(22-2)24-16-21(12-13-25-3)10-6-7-11-21/h8-9,14H,5-7,10-13,15-16H2,1-4H3,(H2,22,23,24). The Hall–Kier alpha value is -1.95. The van der Waals surface area contributed by atoms with Crippen molar-refractivity contribution in [3.05, 3.63) is 23.8 Å². The van der Waals surface area contributed by atoms with E-state index < -0.39 is 0 Å². The van der Waals surface area contributed by atoms with Crippen LogP contribution < -0.4 is 20.1 Å². The van der Waals surface area contributed by atoms with E-state index in [2.05, 4.69) is 15.6 Å². The number of methoxy groups -OCH3 is 2. The second-order valence-corrected chi connectivity index (χ2v) is 7.15. The first-order chi connectivity index (χ1) is 13.2. The van der Waals surface area contributed by atoms with Gasteiger partial charge in [-0.25, -0.2) is 0 Å². The number of rotatable bonds is 10. The molecule has 0 bridgehead atoms. The molecule has 0 atom stereocenters. The van der Waals surface area contributed by atoms with Gasteiger partial charge in [0.2, 0.25) is 0 Å². The summed E-state index contributed by atoms with van der Waals surface area (Å²) in [6.45, 7) is 5.01. The molecule has 1 aromatic rings. The van der Waals surface area contributed by atoms with Crippen LogP contribution in [0.3, 0.4) is 0 Å². The normalized spacial score (nSPS) is 16.2. The molecule has 0 saturated heterocycles. The van der Waals surface area contributed by atoms with Gasteiger partial charge in [-0.3, -0.25) is 4.99 Å². The molecule has 0 aliphatic heterocycles. The third-order valence-electron chi connectivity index (χ3n) is 5.34. The topological polar surface area (TPSA) is 64.1 Å². The van der Waals surface area contributed by atoms with Gasteiger partial charge in [0.05, 0.1) is 13.7 Å². The van der Waals surface area contributed by atoms with Gasteiger partial charge in [0.25, 0.3) is 0 Å². The maximum Gasteiger partial charge on any atom is 0.191 e. The quantitative estimate of drug-likeness (QED) is 0.484. The highest BCUT2D eigenvalue weighted by atomic mass is 16.5. The van der Waals surface area contributed by atoms with Crippen LogP contribution in [-0.2, 0) is 11.3 Å². The zero-order valence-electron chi connectivity index (χ0n) is 17.3. The third-order valence-corrected chi connectivity index (χ3v) is 5.34. The molecule has 27 heavy (non-hydrogen) atoms. The Labute approximate surface area is 163 Å². The minimum Gasteiger partial charge on any atom is -0.493 e. The van der Waals surface area contributed by atoms with Crippen molar-refractivity contribution in [1.82, 2.24) is 10.6 Å². The first kappa shape index (κ1) is 21.4. The largest absolute Gasteiger partial charge is 0.493 e. The zero-order valence-corrected chi connectivity index (χ0v) is 17.3. The number of aliphatic imine (C=N–C) groups is 1. The van der Waals surface area contributed by atoms with Crippen molar-refractivity contribution in [2.75, 3.05) is 41.0 Å². The number of nitrogens with one attached hydrogen (secondary N) is 2. The fourth-order valence-corrected chi connectivity index (χ4v) is 3.73. The monoisotopic (exact) mass is 377 g/mol. The molecule has 0 aromatic heterocycles. The molecule has 2 rings (SSSR count). The summed E-state index contributed by atoms with van der Waals surface area (Å²) in [6, 6.07) is 6.00. The van der Waals surface area contributed by atoms with Gasteiger partial charge in [-0.2, -0.15) is 0 Å². The Kier molecular flexibility index (Phi) is 8.72. The Morgan fingerprint density at radius 1 is 1.15 bits per heavy atom. The molecule has 1 fully saturated rings. The van der Waals surface area contributed by atoms with E-state index in [1.54, 1.807) is 14.2 Å². The molecule has 1 aliphatic rings. The lowest BCUT2D eigenvalue weighted by molar-refractivity contribution is 0.138. The number of benzene rings is 1. The van der Waals surface area contributed by atoms with Gasteiger partial charge in [-0.1, -0.05) is 18.9 Å². The van der Waals surface area contributed by atoms with Crippen molar-refractivity contribution in [3.63, 3.8) is 0 Å². The Morgan fingerprint density at radius 2 is 1.93 bits per heavy atom. The van der Waals surface area contributed by atoms with E-state index >= 15 is 0 Å². The molecule has 0 radical (unpaired) electrons. The number of hydrogen-bond donors (Lipinski definition) is 2. The first-order valence-electron chi connectivity index (χ1n) is 9.89. The molecular formula is C21H35N3O3. The Balaban J connectivity index is 1.89. The van der Waals surface area contributed by atoms with E-state index in [-0.39, 0.29) is 0 Å². The van der Waals surface area contributed by atoms with Crippen molar-refractivity contribution >= 4 is 5.96 Å².